The second kappa shape index (κ2) is 7.15. The Morgan fingerprint density at radius 2 is 2.07 bits per heavy atom. The van der Waals surface area contributed by atoms with E-state index in [4.69, 9.17) is 4.74 Å². The lowest BCUT2D eigenvalue weighted by atomic mass is 9.72. The van der Waals surface area contributed by atoms with E-state index in [0.29, 0.717) is 13.0 Å². The largest absolute Gasteiger partial charge is 0.373 e. The van der Waals surface area contributed by atoms with Crippen LogP contribution in [0.5, 0.6) is 0 Å². The van der Waals surface area contributed by atoms with Crippen molar-refractivity contribution >= 4 is 11.0 Å². The fourth-order valence-electron chi connectivity index (χ4n) is 4.06. The van der Waals surface area contributed by atoms with Gasteiger partial charge in [-0.15, -0.1) is 0 Å². The number of nitriles is 1. The van der Waals surface area contributed by atoms with Crippen LogP contribution in [0.2, 0.25) is 0 Å². The summed E-state index contributed by atoms with van der Waals surface area (Å²) in [7, 11) is 0. The average molecular weight is 384 g/mol. The molecule has 1 fully saturated rings. The molecule has 144 valence electrons. The minimum Gasteiger partial charge on any atom is -0.373 e. The molecular formula is C22H20N6O. The van der Waals surface area contributed by atoms with Gasteiger partial charge in [-0.05, 0) is 11.6 Å². The van der Waals surface area contributed by atoms with Crippen molar-refractivity contribution in [2.75, 3.05) is 0 Å². The van der Waals surface area contributed by atoms with E-state index in [2.05, 4.69) is 38.3 Å². The fraction of sp³-hybridized carbons (Fsp3) is 0.273. The Labute approximate surface area is 168 Å². The third-order valence-corrected chi connectivity index (χ3v) is 5.65. The molecule has 1 N–H and O–H groups in total. The molecule has 1 aliphatic carbocycles. The molecule has 0 amide bonds. The van der Waals surface area contributed by atoms with E-state index in [9.17, 15) is 5.26 Å². The first kappa shape index (κ1) is 17.6. The molecule has 3 heterocycles. The number of nitrogens with one attached hydrogen (secondary N) is 1. The van der Waals surface area contributed by atoms with Gasteiger partial charge < -0.3 is 9.72 Å². The van der Waals surface area contributed by atoms with Crippen molar-refractivity contribution in [1.82, 2.24) is 24.7 Å². The SMILES string of the molecule is N#CC[C@]1(n2cc(-c3ncnc4[nH]ccc34)cn2)C[C@@H](OCc2ccccc2)C1. The molecule has 29 heavy (non-hydrogen) atoms. The summed E-state index contributed by atoms with van der Waals surface area (Å²) in [5.74, 6) is 0. The Morgan fingerprint density at radius 3 is 2.90 bits per heavy atom. The van der Waals surface area contributed by atoms with E-state index in [0.717, 1.165) is 40.7 Å². The lowest BCUT2D eigenvalue weighted by Gasteiger charge is -2.46. The minimum absolute atomic E-state index is 0.131. The van der Waals surface area contributed by atoms with Crippen molar-refractivity contribution < 1.29 is 4.74 Å². The molecule has 1 aliphatic rings. The van der Waals surface area contributed by atoms with Crippen molar-refractivity contribution in [3.05, 3.63) is 66.9 Å². The quantitative estimate of drug-likeness (QED) is 0.546. The van der Waals surface area contributed by atoms with Gasteiger partial charge in [0.2, 0.25) is 0 Å². The number of aromatic amines is 1. The number of benzene rings is 1. The number of ether oxygens (including phenoxy) is 1. The molecule has 1 saturated carbocycles. The van der Waals surface area contributed by atoms with Crippen LogP contribution < -0.4 is 0 Å². The predicted molar refractivity (Wildman–Crippen MR) is 108 cm³/mol. The van der Waals surface area contributed by atoms with Gasteiger partial charge in [0, 0.05) is 36.2 Å². The molecule has 0 unspecified atom stereocenters. The van der Waals surface area contributed by atoms with Gasteiger partial charge in [-0.3, -0.25) is 4.68 Å². The molecule has 4 aromatic rings. The number of hydrogen-bond acceptors (Lipinski definition) is 5. The van der Waals surface area contributed by atoms with Crippen LogP contribution in [0.15, 0.2) is 61.3 Å². The molecule has 3 aromatic heterocycles. The smallest absolute Gasteiger partial charge is 0.141 e. The van der Waals surface area contributed by atoms with Gasteiger partial charge in [0.15, 0.2) is 0 Å². The lowest BCUT2D eigenvalue weighted by molar-refractivity contribution is -0.0838. The molecule has 0 spiro atoms. The minimum atomic E-state index is -0.321. The van der Waals surface area contributed by atoms with E-state index in [1.165, 1.54) is 0 Å². The van der Waals surface area contributed by atoms with Gasteiger partial charge in [-0.2, -0.15) is 10.4 Å². The zero-order chi connectivity index (χ0) is 19.7. The van der Waals surface area contributed by atoms with Gasteiger partial charge in [0.05, 0.1) is 42.6 Å². The summed E-state index contributed by atoms with van der Waals surface area (Å²) < 4.78 is 7.98. The molecule has 0 aliphatic heterocycles. The maximum Gasteiger partial charge on any atom is 0.141 e. The summed E-state index contributed by atoms with van der Waals surface area (Å²) in [6, 6.07) is 14.4. The Hall–Kier alpha value is -3.50. The Kier molecular flexibility index (Phi) is 4.34. The maximum atomic E-state index is 9.40. The van der Waals surface area contributed by atoms with E-state index in [1.54, 1.807) is 6.33 Å². The van der Waals surface area contributed by atoms with Crippen molar-refractivity contribution in [2.24, 2.45) is 0 Å². The summed E-state index contributed by atoms with van der Waals surface area (Å²) in [4.78, 5) is 11.8. The highest BCUT2D eigenvalue weighted by Crippen LogP contribution is 2.44. The first-order chi connectivity index (χ1) is 14.3. The zero-order valence-electron chi connectivity index (χ0n) is 15.8. The summed E-state index contributed by atoms with van der Waals surface area (Å²) in [5, 5.41) is 14.9. The second-order valence-electron chi connectivity index (χ2n) is 7.52. The second-order valence-corrected chi connectivity index (χ2v) is 7.52. The number of nitrogens with zero attached hydrogens (tertiary/aromatic N) is 5. The number of hydrogen-bond donors (Lipinski definition) is 1. The van der Waals surface area contributed by atoms with Crippen molar-refractivity contribution in [3.8, 4) is 17.3 Å². The van der Waals surface area contributed by atoms with Crippen molar-refractivity contribution in [2.45, 2.75) is 37.5 Å². The third kappa shape index (κ3) is 3.18. The highest BCUT2D eigenvalue weighted by atomic mass is 16.5. The molecule has 0 bridgehead atoms. The van der Waals surface area contributed by atoms with Crippen LogP contribution in [-0.2, 0) is 16.9 Å². The Balaban J connectivity index is 1.34. The highest BCUT2D eigenvalue weighted by Gasteiger charge is 2.47. The monoisotopic (exact) mass is 384 g/mol. The predicted octanol–water partition coefficient (Wildman–Crippen LogP) is 3.81. The number of H-pyrrole nitrogens is 1. The summed E-state index contributed by atoms with van der Waals surface area (Å²) in [5.41, 5.74) is 3.39. The molecule has 0 radical (unpaired) electrons. The number of rotatable bonds is 6. The van der Waals surface area contributed by atoms with Crippen LogP contribution in [0.4, 0.5) is 0 Å². The van der Waals surface area contributed by atoms with E-state index in [-0.39, 0.29) is 11.6 Å². The summed E-state index contributed by atoms with van der Waals surface area (Å²) >= 11 is 0. The molecule has 0 saturated heterocycles. The Morgan fingerprint density at radius 1 is 1.21 bits per heavy atom. The van der Waals surface area contributed by atoms with Crippen LogP contribution in [-0.4, -0.2) is 30.8 Å². The first-order valence-electron chi connectivity index (χ1n) is 9.63. The standard InChI is InChI=1S/C22H20N6O/c23-8-7-22(10-18(11-22)29-14-16-4-2-1-3-5-16)28-13-17(12-27-28)20-19-6-9-24-21(19)26-15-25-20/h1-6,9,12-13,15,18H,7,10-11,14H2,(H,24,25,26)/t18-,22+. The van der Waals surface area contributed by atoms with Gasteiger partial charge in [0.1, 0.15) is 12.0 Å². The molecule has 7 nitrogen and oxygen atoms in total. The third-order valence-electron chi connectivity index (χ3n) is 5.65. The topological polar surface area (TPSA) is 92.4 Å². The zero-order valence-corrected chi connectivity index (χ0v) is 15.8. The van der Waals surface area contributed by atoms with Gasteiger partial charge in [-0.1, -0.05) is 30.3 Å². The average Bonchev–Trinajstić information content (AvgIpc) is 3.40. The van der Waals surface area contributed by atoms with Crippen LogP contribution in [0.1, 0.15) is 24.8 Å². The van der Waals surface area contributed by atoms with Crippen LogP contribution in [0, 0.1) is 11.3 Å². The van der Waals surface area contributed by atoms with Crippen molar-refractivity contribution in [3.63, 3.8) is 0 Å². The van der Waals surface area contributed by atoms with E-state index >= 15 is 0 Å². The lowest BCUT2D eigenvalue weighted by Crippen LogP contribution is -2.50. The maximum absolute atomic E-state index is 9.40. The molecule has 1 aromatic carbocycles. The first-order valence-corrected chi connectivity index (χ1v) is 9.63. The normalized spacial score (nSPS) is 21.0. The molecule has 5 rings (SSSR count). The van der Waals surface area contributed by atoms with Gasteiger partial charge >= 0.3 is 0 Å². The number of fused-ring (bicyclic) bond motifs is 1. The van der Waals surface area contributed by atoms with E-state index < -0.39 is 0 Å². The number of aromatic nitrogens is 5. The Bertz CT molecular complexity index is 1170. The molecule has 0 atom stereocenters. The van der Waals surface area contributed by atoms with E-state index in [1.807, 2.05) is 47.5 Å². The summed E-state index contributed by atoms with van der Waals surface area (Å²) in [6.45, 7) is 0.588. The molecular weight excluding hydrogens is 364 g/mol. The van der Waals surface area contributed by atoms with Crippen LogP contribution in [0.25, 0.3) is 22.3 Å². The van der Waals surface area contributed by atoms with Gasteiger partial charge in [-0.25, -0.2) is 9.97 Å². The van der Waals surface area contributed by atoms with Crippen LogP contribution in [0.3, 0.4) is 0 Å². The van der Waals surface area contributed by atoms with Gasteiger partial charge in [0.25, 0.3) is 0 Å². The fourth-order valence-corrected chi connectivity index (χ4v) is 4.06. The summed E-state index contributed by atoms with van der Waals surface area (Å²) in [6.07, 6.45) is 9.29. The highest BCUT2D eigenvalue weighted by molar-refractivity contribution is 5.89. The molecule has 7 heteroatoms. The van der Waals surface area contributed by atoms with Crippen molar-refractivity contribution in [1.29, 1.82) is 5.26 Å². The van der Waals surface area contributed by atoms with Crippen LogP contribution >= 0.6 is 0 Å².